The van der Waals surface area contributed by atoms with E-state index in [9.17, 15) is 4.79 Å². The first-order chi connectivity index (χ1) is 12.8. The molecule has 2 aromatic carbocycles. The van der Waals surface area contributed by atoms with Gasteiger partial charge in [0, 0.05) is 25.2 Å². The van der Waals surface area contributed by atoms with Crippen LogP contribution < -0.4 is 5.32 Å². The van der Waals surface area contributed by atoms with Crippen molar-refractivity contribution in [3.63, 3.8) is 0 Å². The van der Waals surface area contributed by atoms with Crippen LogP contribution in [0.3, 0.4) is 0 Å². The fraction of sp³-hybridized carbons (Fsp3) is 0.250. The van der Waals surface area contributed by atoms with Gasteiger partial charge in [0.1, 0.15) is 5.82 Å². The Morgan fingerprint density at radius 3 is 2.73 bits per heavy atom. The number of morpholine rings is 1. The molecule has 1 N–H and O–H groups in total. The van der Waals surface area contributed by atoms with Crippen LogP contribution in [0.4, 0.5) is 5.82 Å². The number of rotatable bonds is 4. The first kappa shape index (κ1) is 16.5. The van der Waals surface area contributed by atoms with Gasteiger partial charge in [-0.25, -0.2) is 4.98 Å². The summed E-state index contributed by atoms with van der Waals surface area (Å²) in [6.45, 7) is 3.08. The van der Waals surface area contributed by atoms with E-state index in [1.165, 1.54) is 0 Å². The number of anilines is 1. The fourth-order valence-electron chi connectivity index (χ4n) is 3.00. The van der Waals surface area contributed by atoms with E-state index in [0.717, 1.165) is 16.6 Å². The molecule has 0 spiro atoms. The third kappa shape index (κ3) is 3.65. The molecule has 0 aliphatic carbocycles. The van der Waals surface area contributed by atoms with E-state index in [2.05, 4.69) is 15.3 Å². The number of hydrogen-bond donors (Lipinski definition) is 1. The summed E-state index contributed by atoms with van der Waals surface area (Å²) in [5.74, 6) is 0.772. The molecule has 3 aromatic rings. The van der Waals surface area contributed by atoms with Gasteiger partial charge < -0.3 is 15.0 Å². The number of carbonyl (C=O) groups is 1. The van der Waals surface area contributed by atoms with Gasteiger partial charge in [0.2, 0.25) is 0 Å². The van der Waals surface area contributed by atoms with E-state index in [4.69, 9.17) is 4.74 Å². The number of nitrogens with one attached hydrogen (secondary N) is 1. The van der Waals surface area contributed by atoms with Crippen molar-refractivity contribution >= 4 is 22.8 Å². The van der Waals surface area contributed by atoms with Crippen LogP contribution in [0, 0.1) is 0 Å². The summed E-state index contributed by atoms with van der Waals surface area (Å²) in [4.78, 5) is 23.4. The molecule has 1 aliphatic rings. The van der Waals surface area contributed by atoms with E-state index >= 15 is 0 Å². The lowest BCUT2D eigenvalue weighted by atomic mass is 10.1. The number of fused-ring (bicyclic) bond motifs is 1. The predicted molar refractivity (Wildman–Crippen MR) is 100 cm³/mol. The van der Waals surface area contributed by atoms with Gasteiger partial charge in [-0.15, -0.1) is 0 Å². The number of benzene rings is 2. The Morgan fingerprint density at radius 1 is 1.08 bits per heavy atom. The molecule has 1 saturated heterocycles. The number of ether oxygens (including phenoxy) is 1. The highest BCUT2D eigenvalue weighted by Crippen LogP contribution is 2.14. The molecule has 0 saturated carbocycles. The molecule has 1 amide bonds. The SMILES string of the molecule is O=C(c1cccc(CNc2cnc3ccccc3n2)c1)N1CCOCC1. The molecule has 0 unspecified atom stereocenters. The number of hydrogen-bond acceptors (Lipinski definition) is 5. The van der Waals surface area contributed by atoms with Crippen LogP contribution in [0.1, 0.15) is 15.9 Å². The lowest BCUT2D eigenvalue weighted by Gasteiger charge is -2.27. The van der Waals surface area contributed by atoms with Crippen LogP contribution in [0.2, 0.25) is 0 Å². The van der Waals surface area contributed by atoms with Crippen molar-refractivity contribution in [2.75, 3.05) is 31.6 Å². The van der Waals surface area contributed by atoms with Crippen LogP contribution in [0.5, 0.6) is 0 Å². The van der Waals surface area contributed by atoms with Crippen LogP contribution >= 0.6 is 0 Å². The van der Waals surface area contributed by atoms with Crippen molar-refractivity contribution in [1.29, 1.82) is 0 Å². The first-order valence-corrected chi connectivity index (χ1v) is 8.71. The van der Waals surface area contributed by atoms with Gasteiger partial charge in [0.15, 0.2) is 0 Å². The summed E-state index contributed by atoms with van der Waals surface area (Å²) in [5, 5.41) is 3.28. The minimum Gasteiger partial charge on any atom is -0.378 e. The number of aromatic nitrogens is 2. The largest absolute Gasteiger partial charge is 0.378 e. The molecule has 0 atom stereocenters. The van der Waals surface area contributed by atoms with Crippen molar-refractivity contribution in [3.8, 4) is 0 Å². The molecule has 1 fully saturated rings. The summed E-state index contributed by atoms with van der Waals surface area (Å²) in [5.41, 5.74) is 3.46. The number of amides is 1. The lowest BCUT2D eigenvalue weighted by molar-refractivity contribution is 0.0303. The van der Waals surface area contributed by atoms with Gasteiger partial charge in [-0.05, 0) is 29.8 Å². The Labute approximate surface area is 151 Å². The van der Waals surface area contributed by atoms with Crippen molar-refractivity contribution in [2.24, 2.45) is 0 Å². The Bertz CT molecular complexity index is 922. The van der Waals surface area contributed by atoms with Crippen LogP contribution in [0.15, 0.2) is 54.7 Å². The number of nitrogens with zero attached hydrogens (tertiary/aromatic N) is 3. The van der Waals surface area contributed by atoms with Gasteiger partial charge in [0.25, 0.3) is 5.91 Å². The van der Waals surface area contributed by atoms with Crippen LogP contribution in [-0.4, -0.2) is 47.1 Å². The van der Waals surface area contributed by atoms with Gasteiger partial charge in [-0.3, -0.25) is 9.78 Å². The van der Waals surface area contributed by atoms with Crippen molar-refractivity contribution in [2.45, 2.75) is 6.54 Å². The summed E-state index contributed by atoms with van der Waals surface area (Å²) in [6, 6.07) is 15.5. The Morgan fingerprint density at radius 2 is 1.88 bits per heavy atom. The van der Waals surface area contributed by atoms with Gasteiger partial charge >= 0.3 is 0 Å². The average molecular weight is 348 g/mol. The highest BCUT2D eigenvalue weighted by atomic mass is 16.5. The quantitative estimate of drug-likeness (QED) is 0.785. The summed E-state index contributed by atoms with van der Waals surface area (Å²) >= 11 is 0. The van der Waals surface area contributed by atoms with E-state index in [-0.39, 0.29) is 5.91 Å². The second-order valence-corrected chi connectivity index (χ2v) is 6.20. The summed E-state index contributed by atoms with van der Waals surface area (Å²) in [7, 11) is 0. The lowest BCUT2D eigenvalue weighted by Crippen LogP contribution is -2.40. The second kappa shape index (κ2) is 7.49. The highest BCUT2D eigenvalue weighted by Gasteiger charge is 2.18. The topological polar surface area (TPSA) is 67.4 Å². The van der Waals surface area contributed by atoms with Crippen molar-refractivity contribution < 1.29 is 9.53 Å². The maximum atomic E-state index is 12.6. The number of carbonyl (C=O) groups excluding carboxylic acids is 1. The third-order valence-electron chi connectivity index (χ3n) is 4.39. The molecule has 6 heteroatoms. The van der Waals surface area contributed by atoms with E-state index in [0.29, 0.717) is 44.2 Å². The molecule has 0 radical (unpaired) electrons. The highest BCUT2D eigenvalue weighted by molar-refractivity contribution is 5.94. The molecule has 1 aromatic heterocycles. The summed E-state index contributed by atoms with van der Waals surface area (Å²) in [6.07, 6.45) is 1.73. The smallest absolute Gasteiger partial charge is 0.254 e. The van der Waals surface area contributed by atoms with E-state index < -0.39 is 0 Å². The Kier molecular flexibility index (Phi) is 4.75. The molecule has 132 valence electrons. The normalized spacial score (nSPS) is 14.4. The zero-order chi connectivity index (χ0) is 17.8. The van der Waals surface area contributed by atoms with Crippen molar-refractivity contribution in [3.05, 3.63) is 65.9 Å². The third-order valence-corrected chi connectivity index (χ3v) is 4.39. The maximum Gasteiger partial charge on any atom is 0.254 e. The fourth-order valence-corrected chi connectivity index (χ4v) is 3.00. The molecule has 26 heavy (non-hydrogen) atoms. The molecular formula is C20H20N4O2. The number of para-hydroxylation sites is 2. The minimum absolute atomic E-state index is 0.0562. The van der Waals surface area contributed by atoms with Gasteiger partial charge in [-0.1, -0.05) is 24.3 Å². The van der Waals surface area contributed by atoms with Crippen LogP contribution in [-0.2, 0) is 11.3 Å². The molecule has 6 nitrogen and oxygen atoms in total. The minimum atomic E-state index is 0.0562. The van der Waals surface area contributed by atoms with E-state index in [1.54, 1.807) is 6.20 Å². The molecular weight excluding hydrogens is 328 g/mol. The molecule has 1 aliphatic heterocycles. The van der Waals surface area contributed by atoms with Gasteiger partial charge in [0.05, 0.1) is 30.4 Å². The Balaban J connectivity index is 1.45. The zero-order valence-electron chi connectivity index (χ0n) is 14.4. The summed E-state index contributed by atoms with van der Waals surface area (Å²) < 4.78 is 5.31. The monoisotopic (exact) mass is 348 g/mol. The second-order valence-electron chi connectivity index (χ2n) is 6.20. The average Bonchev–Trinajstić information content (AvgIpc) is 2.72. The standard InChI is InChI=1S/C20H20N4O2/c25-20(24-8-10-26-11-9-24)16-5-3-4-15(12-16)13-22-19-14-21-17-6-1-2-7-18(17)23-19/h1-7,12,14H,8-11,13H2,(H,22,23). The molecule has 0 bridgehead atoms. The predicted octanol–water partition coefficient (Wildman–Crippen LogP) is 2.71. The molecule has 2 heterocycles. The van der Waals surface area contributed by atoms with Crippen molar-refractivity contribution in [1.82, 2.24) is 14.9 Å². The Hall–Kier alpha value is -2.99. The van der Waals surface area contributed by atoms with Gasteiger partial charge in [-0.2, -0.15) is 0 Å². The maximum absolute atomic E-state index is 12.6. The zero-order valence-corrected chi connectivity index (χ0v) is 14.4. The molecule has 4 rings (SSSR count). The van der Waals surface area contributed by atoms with Crippen LogP contribution in [0.25, 0.3) is 11.0 Å². The van der Waals surface area contributed by atoms with E-state index in [1.807, 2.05) is 53.4 Å². The first-order valence-electron chi connectivity index (χ1n) is 8.71.